The minimum absolute atomic E-state index is 0.209. The molecule has 0 amide bonds. The first-order valence-corrected chi connectivity index (χ1v) is 5.62. The first kappa shape index (κ1) is 10.7. The van der Waals surface area contributed by atoms with Crippen molar-refractivity contribution in [3.8, 4) is 11.1 Å². The zero-order valence-electron chi connectivity index (χ0n) is 9.48. The predicted octanol–water partition coefficient (Wildman–Crippen LogP) is 3.33. The highest BCUT2D eigenvalue weighted by Crippen LogP contribution is 2.19. The molecule has 3 rings (SSSR count). The highest BCUT2D eigenvalue weighted by atomic mass is 19.1. The average molecular weight is 239 g/mol. The molecule has 2 nitrogen and oxygen atoms in total. The lowest BCUT2D eigenvalue weighted by Gasteiger charge is -2.03. The number of hydrogen-bond donors (Lipinski definition) is 1. The van der Waals surface area contributed by atoms with Crippen LogP contribution in [0, 0.1) is 5.82 Å². The number of benzene rings is 2. The first-order valence-electron chi connectivity index (χ1n) is 5.62. The summed E-state index contributed by atoms with van der Waals surface area (Å²) in [5, 5.41) is 0.815. The van der Waals surface area contributed by atoms with Gasteiger partial charge in [0.25, 0.3) is 5.56 Å². The van der Waals surface area contributed by atoms with Gasteiger partial charge in [0.2, 0.25) is 0 Å². The van der Waals surface area contributed by atoms with Gasteiger partial charge in [-0.15, -0.1) is 0 Å². The van der Waals surface area contributed by atoms with E-state index in [0.29, 0.717) is 11.1 Å². The fourth-order valence-corrected chi connectivity index (χ4v) is 2.01. The Balaban J connectivity index is 2.29. The summed E-state index contributed by atoms with van der Waals surface area (Å²) < 4.78 is 13.1. The van der Waals surface area contributed by atoms with Crippen LogP contribution in [0.4, 0.5) is 4.39 Å². The summed E-state index contributed by atoms with van der Waals surface area (Å²) in [6.45, 7) is 0. The van der Waals surface area contributed by atoms with Crippen molar-refractivity contribution in [2.24, 2.45) is 0 Å². The molecule has 0 atom stereocenters. The van der Waals surface area contributed by atoms with E-state index in [0.717, 1.165) is 10.9 Å². The van der Waals surface area contributed by atoms with Crippen LogP contribution in [0.25, 0.3) is 22.0 Å². The highest BCUT2D eigenvalue weighted by molar-refractivity contribution is 5.83. The number of H-pyrrole nitrogens is 1. The standard InChI is InChI=1S/C15H10FNO/c16-12-7-6-11-8-13(10-4-2-1-3-5-10)15(18)17-14(11)9-12/h1-9H,(H,17,18). The zero-order valence-corrected chi connectivity index (χ0v) is 9.48. The van der Waals surface area contributed by atoms with Crippen LogP contribution < -0.4 is 5.56 Å². The van der Waals surface area contributed by atoms with Crippen LogP contribution in [0.15, 0.2) is 59.4 Å². The summed E-state index contributed by atoms with van der Waals surface area (Å²) in [5.74, 6) is -0.356. The molecule has 0 bridgehead atoms. The Morgan fingerprint density at radius 1 is 0.944 bits per heavy atom. The molecule has 0 fully saturated rings. The largest absolute Gasteiger partial charge is 0.321 e. The van der Waals surface area contributed by atoms with Gasteiger partial charge in [0.15, 0.2) is 0 Å². The van der Waals surface area contributed by atoms with Gasteiger partial charge in [-0.2, -0.15) is 0 Å². The van der Waals surface area contributed by atoms with Crippen molar-refractivity contribution in [1.29, 1.82) is 0 Å². The maximum atomic E-state index is 13.1. The summed E-state index contributed by atoms with van der Waals surface area (Å²) in [5.41, 5.74) is 1.75. The second-order valence-electron chi connectivity index (χ2n) is 4.11. The molecule has 0 radical (unpaired) electrons. The second-order valence-corrected chi connectivity index (χ2v) is 4.11. The van der Waals surface area contributed by atoms with E-state index in [1.165, 1.54) is 12.1 Å². The van der Waals surface area contributed by atoms with Crippen molar-refractivity contribution in [3.05, 3.63) is 70.8 Å². The molecule has 2 aromatic carbocycles. The van der Waals surface area contributed by atoms with Crippen molar-refractivity contribution < 1.29 is 4.39 Å². The van der Waals surface area contributed by atoms with E-state index in [1.54, 1.807) is 12.1 Å². The van der Waals surface area contributed by atoms with Gasteiger partial charge in [-0.1, -0.05) is 30.3 Å². The summed E-state index contributed by atoms with van der Waals surface area (Å²) in [6.07, 6.45) is 0. The number of nitrogens with one attached hydrogen (secondary N) is 1. The Morgan fingerprint density at radius 3 is 2.50 bits per heavy atom. The Hall–Kier alpha value is -2.42. The van der Waals surface area contributed by atoms with Crippen LogP contribution >= 0.6 is 0 Å². The van der Waals surface area contributed by atoms with Gasteiger partial charge in [-0.3, -0.25) is 4.79 Å². The molecule has 0 spiro atoms. The van der Waals surface area contributed by atoms with Gasteiger partial charge < -0.3 is 4.98 Å². The van der Waals surface area contributed by atoms with Crippen molar-refractivity contribution in [1.82, 2.24) is 4.98 Å². The molecule has 0 aliphatic carbocycles. The average Bonchev–Trinajstić information content (AvgIpc) is 2.39. The Morgan fingerprint density at radius 2 is 1.72 bits per heavy atom. The van der Waals surface area contributed by atoms with Crippen LogP contribution in [0.3, 0.4) is 0 Å². The van der Waals surface area contributed by atoms with Crippen LogP contribution in [0.1, 0.15) is 0 Å². The number of aromatic amines is 1. The summed E-state index contributed by atoms with van der Waals surface area (Å²) in [7, 11) is 0. The van der Waals surface area contributed by atoms with Crippen molar-refractivity contribution >= 4 is 10.9 Å². The number of pyridine rings is 1. The lowest BCUT2D eigenvalue weighted by atomic mass is 10.1. The predicted molar refractivity (Wildman–Crippen MR) is 70.0 cm³/mol. The normalized spacial score (nSPS) is 10.7. The smallest absolute Gasteiger partial charge is 0.256 e. The van der Waals surface area contributed by atoms with Crippen LogP contribution in [0.5, 0.6) is 0 Å². The van der Waals surface area contributed by atoms with E-state index >= 15 is 0 Å². The van der Waals surface area contributed by atoms with Crippen molar-refractivity contribution in [2.45, 2.75) is 0 Å². The monoisotopic (exact) mass is 239 g/mol. The molecule has 1 aromatic heterocycles. The minimum Gasteiger partial charge on any atom is -0.321 e. The van der Waals surface area contributed by atoms with E-state index in [1.807, 2.05) is 30.3 Å². The quantitative estimate of drug-likeness (QED) is 0.694. The molecule has 0 aliphatic heterocycles. The van der Waals surface area contributed by atoms with Gasteiger partial charge in [0.1, 0.15) is 5.82 Å². The number of fused-ring (bicyclic) bond motifs is 1. The molecule has 0 aliphatic rings. The fourth-order valence-electron chi connectivity index (χ4n) is 2.01. The highest BCUT2D eigenvalue weighted by Gasteiger charge is 2.05. The van der Waals surface area contributed by atoms with E-state index in [4.69, 9.17) is 0 Å². The molecule has 0 saturated carbocycles. The Kier molecular flexibility index (Phi) is 2.45. The Bertz CT molecular complexity index is 762. The summed E-state index contributed by atoms with van der Waals surface area (Å²) in [6, 6.07) is 15.6. The van der Waals surface area contributed by atoms with E-state index in [-0.39, 0.29) is 11.4 Å². The molecule has 1 N–H and O–H groups in total. The van der Waals surface area contributed by atoms with Crippen LogP contribution in [-0.4, -0.2) is 4.98 Å². The molecule has 18 heavy (non-hydrogen) atoms. The second kappa shape index (κ2) is 4.11. The van der Waals surface area contributed by atoms with Crippen LogP contribution in [0.2, 0.25) is 0 Å². The van der Waals surface area contributed by atoms with Gasteiger partial charge in [0, 0.05) is 5.56 Å². The first-order chi connectivity index (χ1) is 8.74. The van der Waals surface area contributed by atoms with E-state index < -0.39 is 0 Å². The third kappa shape index (κ3) is 1.80. The molecule has 88 valence electrons. The summed E-state index contributed by atoms with van der Waals surface area (Å²) >= 11 is 0. The van der Waals surface area contributed by atoms with Gasteiger partial charge in [-0.25, -0.2) is 4.39 Å². The molecular weight excluding hydrogens is 229 g/mol. The SMILES string of the molecule is O=c1[nH]c2cc(F)ccc2cc1-c1ccccc1. The molecule has 0 saturated heterocycles. The lowest BCUT2D eigenvalue weighted by molar-refractivity contribution is 0.629. The van der Waals surface area contributed by atoms with Crippen molar-refractivity contribution in [2.75, 3.05) is 0 Å². The number of halogens is 1. The number of hydrogen-bond acceptors (Lipinski definition) is 1. The van der Waals surface area contributed by atoms with E-state index in [9.17, 15) is 9.18 Å². The maximum Gasteiger partial charge on any atom is 0.256 e. The van der Waals surface area contributed by atoms with Gasteiger partial charge in [0.05, 0.1) is 5.52 Å². The lowest BCUT2D eigenvalue weighted by Crippen LogP contribution is -2.08. The molecule has 0 unspecified atom stereocenters. The molecule has 3 heteroatoms. The third-order valence-corrected chi connectivity index (χ3v) is 2.89. The fraction of sp³-hybridized carbons (Fsp3) is 0. The maximum absolute atomic E-state index is 13.1. The summed E-state index contributed by atoms with van der Waals surface area (Å²) in [4.78, 5) is 14.7. The van der Waals surface area contributed by atoms with Gasteiger partial charge in [-0.05, 0) is 35.2 Å². The minimum atomic E-state index is -0.356. The molecule has 1 heterocycles. The van der Waals surface area contributed by atoms with Gasteiger partial charge >= 0.3 is 0 Å². The van der Waals surface area contributed by atoms with Crippen LogP contribution in [-0.2, 0) is 0 Å². The Labute approximate surface area is 103 Å². The number of rotatable bonds is 1. The third-order valence-electron chi connectivity index (χ3n) is 2.89. The molecular formula is C15H10FNO. The zero-order chi connectivity index (χ0) is 12.5. The molecule has 3 aromatic rings. The topological polar surface area (TPSA) is 32.9 Å². The van der Waals surface area contributed by atoms with E-state index in [2.05, 4.69) is 4.98 Å². The van der Waals surface area contributed by atoms with Crippen molar-refractivity contribution in [3.63, 3.8) is 0 Å². The number of aromatic nitrogens is 1.